The molecular weight excluding hydrogens is 266 g/mol. The summed E-state index contributed by atoms with van der Waals surface area (Å²) < 4.78 is 2.10. The van der Waals surface area contributed by atoms with Crippen LogP contribution in [0.1, 0.15) is 59.9 Å². The molecule has 0 atom stereocenters. The fourth-order valence-electron chi connectivity index (χ4n) is 2.71. The highest BCUT2D eigenvalue weighted by molar-refractivity contribution is 6.09. The van der Waals surface area contributed by atoms with E-state index in [0.717, 1.165) is 42.3 Å². The second-order valence-corrected chi connectivity index (χ2v) is 5.34. The molecule has 1 N–H and O–H groups in total. The smallest absolute Gasteiger partial charge is 0.335 e. The van der Waals surface area contributed by atoms with Gasteiger partial charge in [-0.1, -0.05) is 20.3 Å². The van der Waals surface area contributed by atoms with Crippen molar-refractivity contribution in [1.82, 2.24) is 4.57 Å². The van der Waals surface area contributed by atoms with E-state index in [-0.39, 0.29) is 11.3 Å². The highest BCUT2D eigenvalue weighted by atomic mass is 16.4. The van der Waals surface area contributed by atoms with Crippen molar-refractivity contribution in [2.24, 2.45) is 0 Å². The lowest BCUT2D eigenvalue weighted by atomic mass is 10.0. The van der Waals surface area contributed by atoms with Gasteiger partial charge in [0.05, 0.1) is 11.1 Å². The lowest BCUT2D eigenvalue weighted by molar-refractivity contribution is 0.0696. The third-order valence-electron chi connectivity index (χ3n) is 3.81. The molecule has 0 saturated heterocycles. The van der Waals surface area contributed by atoms with Gasteiger partial charge in [-0.05, 0) is 37.5 Å². The first kappa shape index (κ1) is 15.3. The molecule has 1 aromatic heterocycles. The summed E-state index contributed by atoms with van der Waals surface area (Å²) in [5.74, 6) is -0.984. The molecule has 0 radical (unpaired) electrons. The van der Waals surface area contributed by atoms with Gasteiger partial charge in [-0.25, -0.2) is 4.79 Å². The van der Waals surface area contributed by atoms with Gasteiger partial charge in [-0.3, -0.25) is 4.79 Å². The number of aromatic carboxylic acids is 1. The second kappa shape index (κ2) is 6.12. The number of hydrogen-bond donors (Lipinski definition) is 1. The minimum absolute atomic E-state index is 0.0279. The fourth-order valence-corrected chi connectivity index (χ4v) is 2.71. The normalized spacial score (nSPS) is 11.0. The third kappa shape index (κ3) is 2.84. The Bertz CT molecular complexity index is 698. The maximum absolute atomic E-state index is 11.9. The topological polar surface area (TPSA) is 59.3 Å². The fraction of sp³-hybridized carbons (Fsp3) is 0.412. The molecule has 4 nitrogen and oxygen atoms in total. The number of carbonyl (C=O) groups excluding carboxylic acids is 1. The van der Waals surface area contributed by atoms with Crippen LogP contribution in [-0.2, 0) is 13.0 Å². The molecule has 2 rings (SSSR count). The largest absolute Gasteiger partial charge is 0.478 e. The number of carboxylic acid groups (broad SMARTS) is 1. The zero-order valence-corrected chi connectivity index (χ0v) is 12.8. The summed E-state index contributed by atoms with van der Waals surface area (Å²) in [4.78, 5) is 23.1. The van der Waals surface area contributed by atoms with Crippen molar-refractivity contribution >= 4 is 22.7 Å². The minimum Gasteiger partial charge on any atom is -0.478 e. The van der Waals surface area contributed by atoms with Crippen LogP contribution in [0.5, 0.6) is 0 Å². The van der Waals surface area contributed by atoms with E-state index in [1.165, 1.54) is 6.92 Å². The van der Waals surface area contributed by atoms with E-state index >= 15 is 0 Å². The summed E-state index contributed by atoms with van der Waals surface area (Å²) in [6.45, 7) is 6.50. The molecule has 1 aromatic carbocycles. The van der Waals surface area contributed by atoms with Crippen LogP contribution < -0.4 is 0 Å². The van der Waals surface area contributed by atoms with Gasteiger partial charge in [-0.15, -0.1) is 0 Å². The Morgan fingerprint density at radius 3 is 2.48 bits per heavy atom. The maximum Gasteiger partial charge on any atom is 0.335 e. The Hall–Kier alpha value is -2.10. The highest BCUT2D eigenvalue weighted by Gasteiger charge is 2.17. The number of carboxylic acids is 1. The summed E-state index contributed by atoms with van der Waals surface area (Å²) in [5.41, 5.74) is 2.84. The van der Waals surface area contributed by atoms with Gasteiger partial charge < -0.3 is 9.67 Å². The lowest BCUT2D eigenvalue weighted by Gasteiger charge is -2.09. The van der Waals surface area contributed by atoms with Gasteiger partial charge in [0.1, 0.15) is 0 Å². The molecule has 1 heterocycles. The van der Waals surface area contributed by atoms with E-state index in [9.17, 15) is 14.7 Å². The molecule has 0 amide bonds. The zero-order chi connectivity index (χ0) is 15.6. The summed E-state index contributed by atoms with van der Waals surface area (Å²) >= 11 is 0. The van der Waals surface area contributed by atoms with Crippen LogP contribution in [0, 0.1) is 0 Å². The molecular formula is C17H21NO3. The third-order valence-corrected chi connectivity index (χ3v) is 3.81. The average molecular weight is 287 g/mol. The number of rotatable bonds is 6. The Kier molecular flexibility index (Phi) is 4.46. The predicted octanol–water partition coefficient (Wildman–Crippen LogP) is 3.90. The van der Waals surface area contributed by atoms with Crippen molar-refractivity contribution in [2.75, 3.05) is 0 Å². The number of unbranched alkanes of at least 4 members (excludes halogenated alkanes) is 1. The molecule has 0 bridgehead atoms. The molecule has 0 unspecified atom stereocenters. The summed E-state index contributed by atoms with van der Waals surface area (Å²) in [6, 6.07) is 3.34. The van der Waals surface area contributed by atoms with Crippen LogP contribution in [-0.4, -0.2) is 21.4 Å². The van der Waals surface area contributed by atoms with Crippen LogP contribution in [0.4, 0.5) is 0 Å². The number of ketones is 1. The highest BCUT2D eigenvalue weighted by Crippen LogP contribution is 2.28. The van der Waals surface area contributed by atoms with Crippen LogP contribution >= 0.6 is 0 Å². The summed E-state index contributed by atoms with van der Waals surface area (Å²) in [7, 11) is 0. The van der Waals surface area contributed by atoms with Gasteiger partial charge in [0.15, 0.2) is 5.78 Å². The van der Waals surface area contributed by atoms with Gasteiger partial charge in [0.2, 0.25) is 0 Å². The number of benzene rings is 1. The van der Waals surface area contributed by atoms with Gasteiger partial charge in [0.25, 0.3) is 0 Å². The Balaban J connectivity index is 2.76. The van der Waals surface area contributed by atoms with E-state index in [1.54, 1.807) is 12.1 Å². The molecule has 2 aromatic rings. The monoisotopic (exact) mass is 287 g/mol. The van der Waals surface area contributed by atoms with Crippen LogP contribution in [0.2, 0.25) is 0 Å². The van der Waals surface area contributed by atoms with Crippen molar-refractivity contribution < 1.29 is 14.7 Å². The first-order chi connectivity index (χ1) is 9.99. The molecule has 0 fully saturated rings. The van der Waals surface area contributed by atoms with E-state index in [0.29, 0.717) is 5.56 Å². The Labute approximate surface area is 124 Å². The Morgan fingerprint density at radius 1 is 1.24 bits per heavy atom. The van der Waals surface area contributed by atoms with Crippen molar-refractivity contribution in [3.8, 4) is 0 Å². The van der Waals surface area contributed by atoms with Crippen molar-refractivity contribution in [2.45, 2.75) is 46.6 Å². The number of carbonyl (C=O) groups is 2. The quantitative estimate of drug-likeness (QED) is 0.819. The number of hydrogen-bond acceptors (Lipinski definition) is 2. The molecule has 0 spiro atoms. The number of fused-ring (bicyclic) bond motifs is 1. The predicted molar refractivity (Wildman–Crippen MR) is 83.2 cm³/mol. The molecule has 0 saturated carbocycles. The second-order valence-electron chi connectivity index (χ2n) is 5.34. The van der Waals surface area contributed by atoms with E-state index < -0.39 is 5.97 Å². The van der Waals surface area contributed by atoms with E-state index in [2.05, 4.69) is 11.5 Å². The molecule has 112 valence electrons. The van der Waals surface area contributed by atoms with Crippen molar-refractivity contribution in [3.63, 3.8) is 0 Å². The van der Waals surface area contributed by atoms with Crippen LogP contribution in [0.25, 0.3) is 10.9 Å². The number of aryl methyl sites for hydroxylation is 2. The molecule has 0 aliphatic carbocycles. The molecule has 0 aliphatic heterocycles. The van der Waals surface area contributed by atoms with Gasteiger partial charge in [0, 0.05) is 23.7 Å². The lowest BCUT2D eigenvalue weighted by Crippen LogP contribution is -2.01. The average Bonchev–Trinajstić information content (AvgIpc) is 2.83. The van der Waals surface area contributed by atoms with Crippen molar-refractivity contribution in [1.29, 1.82) is 0 Å². The first-order valence-corrected chi connectivity index (χ1v) is 7.39. The maximum atomic E-state index is 11.9. The van der Waals surface area contributed by atoms with E-state index in [4.69, 9.17) is 0 Å². The number of aromatic nitrogens is 1. The van der Waals surface area contributed by atoms with Gasteiger partial charge >= 0.3 is 5.97 Å². The molecule has 0 aliphatic rings. The Morgan fingerprint density at radius 2 is 1.95 bits per heavy atom. The standard InChI is InChI=1S/C17H21NO3/c1-4-6-7-18-10-15(11(3)19)14-9-13(17(20)21)8-12(5-2)16(14)18/h8-10H,4-7H2,1-3H3,(H,20,21). The minimum atomic E-state index is -0.956. The number of Topliss-reactive ketones (excluding diaryl/α,β-unsaturated/α-hetero) is 1. The summed E-state index contributed by atoms with van der Waals surface area (Å²) in [5, 5.41) is 10.0. The first-order valence-electron chi connectivity index (χ1n) is 7.39. The SMILES string of the molecule is CCCCn1cc(C(C)=O)c2cc(C(=O)O)cc(CC)c21. The van der Waals surface area contributed by atoms with Crippen LogP contribution in [0.15, 0.2) is 18.3 Å². The van der Waals surface area contributed by atoms with Crippen molar-refractivity contribution in [3.05, 3.63) is 35.0 Å². The molecule has 4 heteroatoms. The summed E-state index contributed by atoms with van der Waals surface area (Å²) in [6.07, 6.45) is 4.72. The van der Waals surface area contributed by atoms with Gasteiger partial charge in [-0.2, -0.15) is 0 Å². The van der Waals surface area contributed by atoms with E-state index in [1.807, 2.05) is 13.1 Å². The zero-order valence-electron chi connectivity index (χ0n) is 12.8. The van der Waals surface area contributed by atoms with Crippen LogP contribution in [0.3, 0.4) is 0 Å². The number of nitrogens with zero attached hydrogens (tertiary/aromatic N) is 1. The molecule has 21 heavy (non-hydrogen) atoms.